The topological polar surface area (TPSA) is 84.5 Å². The molecule has 0 spiro atoms. The molecule has 140 valence electrons. The third-order valence-electron chi connectivity index (χ3n) is 3.47. The number of amides is 1. The number of carbonyl (C=O) groups excluding carboxylic acids is 1. The summed E-state index contributed by atoms with van der Waals surface area (Å²) in [7, 11) is -3.83. The third kappa shape index (κ3) is 5.76. The number of hydrogen-bond acceptors (Lipinski definition) is 5. The molecule has 0 bridgehead atoms. The fourth-order valence-corrected chi connectivity index (χ4v) is 3.89. The summed E-state index contributed by atoms with van der Waals surface area (Å²) in [6.07, 6.45) is 0. The predicted molar refractivity (Wildman–Crippen MR) is 103 cm³/mol. The first-order valence-corrected chi connectivity index (χ1v) is 10.5. The first-order valence-electron chi connectivity index (χ1n) is 8.05. The molecule has 0 radical (unpaired) electrons. The monoisotopic (exact) mass is 394 g/mol. The number of rotatable bonds is 8. The Bertz CT molecular complexity index is 865. The average Bonchev–Trinajstić information content (AvgIpc) is 2.61. The lowest BCUT2D eigenvalue weighted by Gasteiger charge is -2.10. The molecule has 0 aliphatic rings. The second-order valence-electron chi connectivity index (χ2n) is 5.62. The van der Waals surface area contributed by atoms with Crippen molar-refractivity contribution in [2.24, 2.45) is 0 Å². The standard InChI is InChI=1S/C18H22N2O4S2/c1-4-24-15-7-9-16(10-8-15)26(22,23)20-19-18(21)12-25-17-11-13(2)5-6-14(17)3/h5-11,20H,4,12H2,1-3H3,(H,19,21). The number of aryl methyl sites for hydroxylation is 2. The molecular formula is C18H22N2O4S2. The second-order valence-corrected chi connectivity index (χ2v) is 8.32. The minimum atomic E-state index is -3.83. The Kier molecular flexibility index (Phi) is 7.07. The molecule has 2 aromatic carbocycles. The van der Waals surface area contributed by atoms with Crippen molar-refractivity contribution in [3.8, 4) is 5.75 Å². The van der Waals surface area contributed by atoms with Crippen LogP contribution in [0.5, 0.6) is 5.75 Å². The average molecular weight is 395 g/mol. The van der Waals surface area contributed by atoms with E-state index in [9.17, 15) is 13.2 Å². The zero-order chi connectivity index (χ0) is 19.2. The van der Waals surface area contributed by atoms with Crippen LogP contribution in [-0.4, -0.2) is 26.7 Å². The van der Waals surface area contributed by atoms with Crippen molar-refractivity contribution in [2.45, 2.75) is 30.6 Å². The van der Waals surface area contributed by atoms with Crippen LogP contribution in [0.3, 0.4) is 0 Å². The van der Waals surface area contributed by atoms with Crippen LogP contribution in [0.4, 0.5) is 0 Å². The summed E-state index contributed by atoms with van der Waals surface area (Å²) < 4.78 is 29.7. The molecule has 0 fully saturated rings. The Morgan fingerprint density at radius 3 is 2.46 bits per heavy atom. The maximum Gasteiger partial charge on any atom is 0.257 e. The second kappa shape index (κ2) is 9.07. The summed E-state index contributed by atoms with van der Waals surface area (Å²) in [6.45, 7) is 6.29. The van der Waals surface area contributed by atoms with Gasteiger partial charge < -0.3 is 4.74 Å². The van der Waals surface area contributed by atoms with Gasteiger partial charge in [0.15, 0.2) is 0 Å². The molecule has 0 aromatic heterocycles. The summed E-state index contributed by atoms with van der Waals surface area (Å²) >= 11 is 1.36. The molecule has 0 saturated heterocycles. The van der Waals surface area contributed by atoms with Crippen LogP contribution < -0.4 is 15.0 Å². The molecule has 2 N–H and O–H groups in total. The fourth-order valence-electron chi connectivity index (χ4n) is 2.11. The van der Waals surface area contributed by atoms with Crippen molar-refractivity contribution in [3.05, 3.63) is 53.6 Å². The number of sulfonamides is 1. The molecule has 0 unspecified atom stereocenters. The van der Waals surface area contributed by atoms with E-state index in [-0.39, 0.29) is 10.6 Å². The highest BCUT2D eigenvalue weighted by Crippen LogP contribution is 2.23. The van der Waals surface area contributed by atoms with E-state index in [0.717, 1.165) is 16.0 Å². The Morgan fingerprint density at radius 2 is 1.81 bits per heavy atom. The smallest absolute Gasteiger partial charge is 0.257 e. The van der Waals surface area contributed by atoms with Crippen molar-refractivity contribution >= 4 is 27.7 Å². The highest BCUT2D eigenvalue weighted by Gasteiger charge is 2.15. The van der Waals surface area contributed by atoms with Gasteiger partial charge in [-0.05, 0) is 56.7 Å². The maximum atomic E-state index is 12.2. The SMILES string of the molecule is CCOc1ccc(S(=O)(=O)NNC(=O)CSc2cc(C)ccc2C)cc1. The van der Waals surface area contributed by atoms with Crippen molar-refractivity contribution in [3.63, 3.8) is 0 Å². The minimum Gasteiger partial charge on any atom is -0.494 e. The van der Waals surface area contributed by atoms with Crippen molar-refractivity contribution in [1.82, 2.24) is 10.3 Å². The lowest BCUT2D eigenvalue weighted by molar-refractivity contribution is -0.119. The molecule has 0 heterocycles. The van der Waals surface area contributed by atoms with Gasteiger partial charge in [-0.2, -0.15) is 0 Å². The normalized spacial score (nSPS) is 11.2. The van der Waals surface area contributed by atoms with Crippen LogP contribution in [-0.2, 0) is 14.8 Å². The van der Waals surface area contributed by atoms with Crippen molar-refractivity contribution in [1.29, 1.82) is 0 Å². The van der Waals surface area contributed by atoms with E-state index in [1.54, 1.807) is 12.1 Å². The summed E-state index contributed by atoms with van der Waals surface area (Å²) in [5, 5.41) is 0. The number of nitrogens with one attached hydrogen (secondary N) is 2. The highest BCUT2D eigenvalue weighted by molar-refractivity contribution is 8.00. The number of hydrazine groups is 1. The van der Waals surface area contributed by atoms with Crippen LogP contribution in [0, 0.1) is 13.8 Å². The van der Waals surface area contributed by atoms with Gasteiger partial charge in [-0.3, -0.25) is 10.2 Å². The molecule has 0 saturated carbocycles. The van der Waals surface area contributed by atoms with Crippen molar-refractivity contribution < 1.29 is 17.9 Å². The van der Waals surface area contributed by atoms with E-state index in [1.807, 2.05) is 39.0 Å². The molecule has 0 aliphatic heterocycles. The van der Waals surface area contributed by atoms with Crippen LogP contribution in [0.2, 0.25) is 0 Å². The summed E-state index contributed by atoms with van der Waals surface area (Å²) in [4.78, 5) is 15.1. The quantitative estimate of drug-likeness (QED) is 0.531. The Morgan fingerprint density at radius 1 is 1.12 bits per heavy atom. The Labute approximate surface area is 158 Å². The van der Waals surface area contributed by atoms with Crippen LogP contribution in [0.25, 0.3) is 0 Å². The van der Waals surface area contributed by atoms with Gasteiger partial charge in [-0.1, -0.05) is 17.7 Å². The number of benzene rings is 2. The van der Waals surface area contributed by atoms with Crippen LogP contribution in [0.15, 0.2) is 52.3 Å². The Hall–Kier alpha value is -2.03. The summed E-state index contributed by atoms with van der Waals surface area (Å²) in [6, 6.07) is 12.0. The number of ether oxygens (including phenoxy) is 1. The fraction of sp³-hybridized carbons (Fsp3) is 0.278. The zero-order valence-corrected chi connectivity index (χ0v) is 16.5. The van der Waals surface area contributed by atoms with E-state index < -0.39 is 15.9 Å². The molecule has 2 aromatic rings. The van der Waals surface area contributed by atoms with Gasteiger partial charge in [-0.25, -0.2) is 8.42 Å². The van der Waals surface area contributed by atoms with E-state index >= 15 is 0 Å². The third-order valence-corrected chi connectivity index (χ3v) is 5.89. The van der Waals surface area contributed by atoms with E-state index in [0.29, 0.717) is 12.4 Å². The first kappa shape index (κ1) is 20.3. The summed E-state index contributed by atoms with van der Waals surface area (Å²) in [5.74, 6) is 0.265. The lowest BCUT2D eigenvalue weighted by Crippen LogP contribution is -2.42. The van der Waals surface area contributed by atoms with Gasteiger partial charge in [0.1, 0.15) is 5.75 Å². The number of carbonyl (C=O) groups is 1. The van der Waals surface area contributed by atoms with Crippen molar-refractivity contribution in [2.75, 3.05) is 12.4 Å². The van der Waals surface area contributed by atoms with Gasteiger partial charge in [0.05, 0.1) is 17.3 Å². The Balaban J connectivity index is 1.90. The van der Waals surface area contributed by atoms with E-state index in [2.05, 4.69) is 10.3 Å². The molecule has 8 heteroatoms. The molecule has 6 nitrogen and oxygen atoms in total. The molecular weight excluding hydrogens is 372 g/mol. The van der Waals surface area contributed by atoms with Gasteiger partial charge in [0.25, 0.3) is 10.0 Å². The number of hydrogen-bond donors (Lipinski definition) is 2. The van der Waals surface area contributed by atoms with Gasteiger partial charge in [-0.15, -0.1) is 16.6 Å². The summed E-state index contributed by atoms with van der Waals surface area (Å²) in [5.41, 5.74) is 4.42. The predicted octanol–water partition coefficient (Wildman–Crippen LogP) is 2.80. The molecule has 2 rings (SSSR count). The van der Waals surface area contributed by atoms with Crippen LogP contribution >= 0.6 is 11.8 Å². The van der Waals surface area contributed by atoms with E-state index in [1.165, 1.54) is 23.9 Å². The molecule has 0 atom stereocenters. The van der Waals surface area contributed by atoms with Gasteiger partial charge in [0, 0.05) is 4.90 Å². The maximum absolute atomic E-state index is 12.2. The zero-order valence-electron chi connectivity index (χ0n) is 14.9. The highest BCUT2D eigenvalue weighted by atomic mass is 32.2. The van der Waals surface area contributed by atoms with Crippen LogP contribution in [0.1, 0.15) is 18.1 Å². The van der Waals surface area contributed by atoms with Gasteiger partial charge >= 0.3 is 0 Å². The minimum absolute atomic E-state index is 0.0448. The van der Waals surface area contributed by atoms with Gasteiger partial charge in [0.2, 0.25) is 5.91 Å². The molecule has 0 aliphatic carbocycles. The largest absolute Gasteiger partial charge is 0.494 e. The molecule has 26 heavy (non-hydrogen) atoms. The number of thioether (sulfide) groups is 1. The van der Waals surface area contributed by atoms with E-state index in [4.69, 9.17) is 4.74 Å². The first-order chi connectivity index (χ1) is 12.3. The lowest BCUT2D eigenvalue weighted by atomic mass is 10.2. The molecule has 1 amide bonds.